The molecule has 0 radical (unpaired) electrons. The summed E-state index contributed by atoms with van der Waals surface area (Å²) in [5.41, 5.74) is 8.47. The molecule has 1 atom stereocenters. The van der Waals surface area contributed by atoms with E-state index in [-0.39, 0.29) is 6.04 Å². The summed E-state index contributed by atoms with van der Waals surface area (Å²) in [6.45, 7) is 3.86. The Kier molecular flexibility index (Phi) is 3.44. The van der Waals surface area contributed by atoms with Gasteiger partial charge in [0.15, 0.2) is 0 Å². The van der Waals surface area contributed by atoms with Gasteiger partial charge in [-0.2, -0.15) is 0 Å². The van der Waals surface area contributed by atoms with E-state index in [0.29, 0.717) is 0 Å². The lowest BCUT2D eigenvalue weighted by Gasteiger charge is -2.07. The van der Waals surface area contributed by atoms with E-state index >= 15 is 0 Å². The number of pyridine rings is 1. The van der Waals surface area contributed by atoms with Crippen LogP contribution in [0.5, 0.6) is 0 Å². The van der Waals surface area contributed by atoms with Gasteiger partial charge >= 0.3 is 0 Å². The molecule has 0 amide bonds. The van der Waals surface area contributed by atoms with Gasteiger partial charge in [-0.15, -0.1) is 0 Å². The van der Waals surface area contributed by atoms with Crippen LogP contribution in [0.1, 0.15) is 18.4 Å². The number of nitrogens with zero attached hydrogens (tertiary/aromatic N) is 3. The predicted molar refractivity (Wildman–Crippen MR) is 67.4 cm³/mol. The molecular formula is C13H16N4. The molecule has 17 heavy (non-hydrogen) atoms. The van der Waals surface area contributed by atoms with Crippen LogP contribution in [-0.2, 0) is 6.42 Å². The van der Waals surface area contributed by atoms with Gasteiger partial charge in [-0.05, 0) is 32.0 Å². The third kappa shape index (κ3) is 3.07. The quantitative estimate of drug-likeness (QED) is 0.869. The Balaban J connectivity index is 2.38. The lowest BCUT2D eigenvalue weighted by molar-refractivity contribution is 0.716. The maximum Gasteiger partial charge on any atom is 0.126 e. The zero-order valence-corrected chi connectivity index (χ0v) is 10.1. The van der Waals surface area contributed by atoms with Gasteiger partial charge in [0.25, 0.3) is 0 Å². The van der Waals surface area contributed by atoms with Gasteiger partial charge < -0.3 is 5.73 Å². The van der Waals surface area contributed by atoms with Crippen LogP contribution in [-0.4, -0.2) is 21.0 Å². The van der Waals surface area contributed by atoms with Crippen LogP contribution in [0, 0.1) is 6.92 Å². The largest absolute Gasteiger partial charge is 0.328 e. The molecule has 0 aromatic carbocycles. The molecule has 0 aliphatic carbocycles. The van der Waals surface area contributed by atoms with Crippen molar-refractivity contribution in [3.05, 3.63) is 42.0 Å². The monoisotopic (exact) mass is 228 g/mol. The van der Waals surface area contributed by atoms with Crippen LogP contribution in [0.15, 0.2) is 30.5 Å². The van der Waals surface area contributed by atoms with Crippen molar-refractivity contribution in [3.63, 3.8) is 0 Å². The van der Waals surface area contributed by atoms with Crippen molar-refractivity contribution in [3.8, 4) is 11.4 Å². The molecule has 4 nitrogen and oxygen atoms in total. The summed E-state index contributed by atoms with van der Waals surface area (Å²) in [7, 11) is 0. The van der Waals surface area contributed by atoms with Crippen LogP contribution in [0.2, 0.25) is 0 Å². The molecule has 0 saturated carbocycles. The molecule has 4 heteroatoms. The lowest BCUT2D eigenvalue weighted by atomic mass is 10.1. The van der Waals surface area contributed by atoms with E-state index in [1.54, 1.807) is 6.20 Å². The van der Waals surface area contributed by atoms with Crippen molar-refractivity contribution in [2.24, 2.45) is 5.73 Å². The van der Waals surface area contributed by atoms with Crippen molar-refractivity contribution < 1.29 is 0 Å². The van der Waals surface area contributed by atoms with Crippen molar-refractivity contribution in [1.82, 2.24) is 15.0 Å². The number of nitrogens with two attached hydrogens (primary N) is 1. The number of aryl methyl sites for hydroxylation is 1. The number of rotatable bonds is 3. The summed E-state index contributed by atoms with van der Waals surface area (Å²) in [5.74, 6) is 0.754. The number of aromatic nitrogens is 3. The second kappa shape index (κ2) is 5.01. The first-order valence-electron chi connectivity index (χ1n) is 5.66. The average molecular weight is 228 g/mol. The predicted octanol–water partition coefficient (Wildman–Crippen LogP) is 1.74. The molecule has 2 N–H and O–H groups in total. The molecular weight excluding hydrogens is 212 g/mol. The summed E-state index contributed by atoms with van der Waals surface area (Å²) < 4.78 is 0. The topological polar surface area (TPSA) is 64.7 Å². The molecule has 0 bridgehead atoms. The minimum absolute atomic E-state index is 0.0980. The van der Waals surface area contributed by atoms with Crippen LogP contribution >= 0.6 is 0 Å². The summed E-state index contributed by atoms with van der Waals surface area (Å²) in [6, 6.07) is 7.84. The van der Waals surface area contributed by atoms with E-state index in [9.17, 15) is 0 Å². The highest BCUT2D eigenvalue weighted by Gasteiger charge is 2.06. The standard InChI is InChI=1S/C13H16N4/c1-9(14)7-11-8-13(17-10(2)16-11)12-5-3-4-6-15-12/h3-6,8-9H,7,14H2,1-2H3. The van der Waals surface area contributed by atoms with Crippen LogP contribution in [0.4, 0.5) is 0 Å². The van der Waals surface area contributed by atoms with Crippen molar-refractivity contribution >= 4 is 0 Å². The number of hydrogen-bond donors (Lipinski definition) is 1. The third-order valence-corrected chi connectivity index (χ3v) is 2.35. The summed E-state index contributed by atoms with van der Waals surface area (Å²) >= 11 is 0. The Hall–Kier alpha value is -1.81. The van der Waals surface area contributed by atoms with Gasteiger partial charge in [0.1, 0.15) is 5.82 Å². The first-order valence-corrected chi connectivity index (χ1v) is 5.66. The lowest BCUT2D eigenvalue weighted by Crippen LogP contribution is -2.19. The van der Waals surface area contributed by atoms with Gasteiger partial charge in [-0.3, -0.25) is 4.98 Å². The normalized spacial score (nSPS) is 12.4. The molecule has 0 spiro atoms. The molecule has 0 saturated heterocycles. The van der Waals surface area contributed by atoms with Crippen LogP contribution in [0.25, 0.3) is 11.4 Å². The highest BCUT2D eigenvalue weighted by atomic mass is 14.9. The first-order chi connectivity index (χ1) is 8.15. The maximum absolute atomic E-state index is 5.79. The fraction of sp³-hybridized carbons (Fsp3) is 0.308. The van der Waals surface area contributed by atoms with Crippen molar-refractivity contribution in [1.29, 1.82) is 0 Å². The second-order valence-electron chi connectivity index (χ2n) is 4.19. The summed E-state index contributed by atoms with van der Waals surface area (Å²) in [4.78, 5) is 13.1. The highest BCUT2D eigenvalue weighted by molar-refractivity contribution is 5.53. The van der Waals surface area contributed by atoms with Crippen LogP contribution < -0.4 is 5.73 Å². The summed E-state index contributed by atoms with van der Waals surface area (Å²) in [6.07, 6.45) is 2.52. The second-order valence-corrected chi connectivity index (χ2v) is 4.19. The molecule has 2 rings (SSSR count). The first kappa shape index (κ1) is 11.7. The van der Waals surface area contributed by atoms with Gasteiger partial charge in [-0.1, -0.05) is 6.07 Å². The Morgan fingerprint density at radius 1 is 1.24 bits per heavy atom. The molecule has 0 aliphatic heterocycles. The molecule has 88 valence electrons. The summed E-state index contributed by atoms with van der Waals surface area (Å²) in [5, 5.41) is 0. The number of hydrogen-bond acceptors (Lipinski definition) is 4. The minimum atomic E-state index is 0.0980. The third-order valence-electron chi connectivity index (χ3n) is 2.35. The Morgan fingerprint density at radius 3 is 2.71 bits per heavy atom. The van der Waals surface area contributed by atoms with E-state index in [1.807, 2.05) is 38.1 Å². The average Bonchev–Trinajstić information content (AvgIpc) is 2.28. The zero-order chi connectivity index (χ0) is 12.3. The molecule has 2 aromatic rings. The SMILES string of the molecule is Cc1nc(CC(C)N)cc(-c2ccccn2)n1. The maximum atomic E-state index is 5.79. The molecule has 0 aliphatic rings. The smallest absolute Gasteiger partial charge is 0.126 e. The van der Waals surface area contributed by atoms with Crippen molar-refractivity contribution in [2.45, 2.75) is 26.3 Å². The Bertz CT molecular complexity index is 494. The van der Waals surface area contributed by atoms with E-state index in [0.717, 1.165) is 29.3 Å². The van der Waals surface area contributed by atoms with E-state index < -0.39 is 0 Å². The zero-order valence-electron chi connectivity index (χ0n) is 10.1. The van der Waals surface area contributed by atoms with Gasteiger partial charge in [-0.25, -0.2) is 9.97 Å². The molecule has 0 fully saturated rings. The van der Waals surface area contributed by atoms with Gasteiger partial charge in [0, 0.05) is 24.4 Å². The van der Waals surface area contributed by atoms with Gasteiger partial charge in [0.2, 0.25) is 0 Å². The van der Waals surface area contributed by atoms with E-state index in [2.05, 4.69) is 15.0 Å². The van der Waals surface area contributed by atoms with Crippen molar-refractivity contribution in [2.75, 3.05) is 0 Å². The highest BCUT2D eigenvalue weighted by Crippen LogP contribution is 2.15. The molecule has 2 aromatic heterocycles. The fourth-order valence-electron chi connectivity index (χ4n) is 1.71. The van der Waals surface area contributed by atoms with E-state index in [1.165, 1.54) is 0 Å². The fourth-order valence-corrected chi connectivity index (χ4v) is 1.71. The van der Waals surface area contributed by atoms with Crippen LogP contribution in [0.3, 0.4) is 0 Å². The van der Waals surface area contributed by atoms with Gasteiger partial charge in [0.05, 0.1) is 11.4 Å². The van der Waals surface area contributed by atoms with E-state index in [4.69, 9.17) is 5.73 Å². The molecule has 1 unspecified atom stereocenters. The Morgan fingerprint density at radius 2 is 2.06 bits per heavy atom. The Labute approximate surface area is 101 Å². The minimum Gasteiger partial charge on any atom is -0.328 e. The molecule has 2 heterocycles.